The Labute approximate surface area is 236 Å². The topological polar surface area (TPSA) is 122 Å². The van der Waals surface area contributed by atoms with Crippen LogP contribution >= 0.6 is 0 Å². The summed E-state index contributed by atoms with van der Waals surface area (Å²) in [6.07, 6.45) is 2.84. The highest BCUT2D eigenvalue weighted by molar-refractivity contribution is 7.89. The Morgan fingerprint density at radius 2 is 1.76 bits per heavy atom. The quantitative estimate of drug-likeness (QED) is 0.250. The first-order valence-corrected chi connectivity index (χ1v) is 14.8. The standard InChI is InChI=1S/C29H28FN7O3S/c1-36(26-14-15-31-28(34-26)32-23-12-10-20(11-13-23)18-41(2,39)40)19-37-25-9-4-3-8-24(25)33-29(37)35-27(38)17-21-6-5-7-22(30)16-21/h3-16H,17-19H2,1-2H3,(H,31,32,34)(H,33,35,38). The average Bonchev–Trinajstić information content (AvgIpc) is 3.25. The van der Waals surface area contributed by atoms with Crippen molar-refractivity contribution in [2.75, 3.05) is 28.8 Å². The van der Waals surface area contributed by atoms with Crippen LogP contribution in [0.15, 0.2) is 85.1 Å². The van der Waals surface area contributed by atoms with Crippen LogP contribution in [0.3, 0.4) is 0 Å². The minimum Gasteiger partial charge on any atom is -0.341 e. The largest absolute Gasteiger partial charge is 0.341 e. The Balaban J connectivity index is 1.32. The molecular formula is C29H28FN7O3S. The highest BCUT2D eigenvalue weighted by Crippen LogP contribution is 2.23. The number of anilines is 4. The second-order valence-corrected chi connectivity index (χ2v) is 11.8. The SMILES string of the molecule is CN(Cn1c(NC(=O)Cc2cccc(F)c2)nc2ccccc21)c1ccnc(Nc2ccc(CS(C)(=O)=O)cc2)n1. The van der Waals surface area contributed by atoms with E-state index in [-0.39, 0.29) is 18.1 Å². The van der Waals surface area contributed by atoms with E-state index in [1.807, 2.05) is 40.8 Å². The molecule has 0 spiro atoms. The number of hydrogen-bond acceptors (Lipinski definition) is 8. The van der Waals surface area contributed by atoms with Crippen molar-refractivity contribution >= 4 is 50.2 Å². The molecule has 0 aliphatic heterocycles. The number of carbonyl (C=O) groups is 1. The van der Waals surface area contributed by atoms with Gasteiger partial charge >= 0.3 is 0 Å². The zero-order valence-electron chi connectivity index (χ0n) is 22.5. The molecule has 0 bridgehead atoms. The number of carbonyl (C=O) groups excluding carboxylic acids is 1. The molecule has 210 valence electrons. The number of para-hydroxylation sites is 2. The van der Waals surface area contributed by atoms with Gasteiger partial charge in [-0.05, 0) is 53.6 Å². The third kappa shape index (κ3) is 7.22. The van der Waals surface area contributed by atoms with Gasteiger partial charge in [0.1, 0.15) is 11.6 Å². The van der Waals surface area contributed by atoms with Gasteiger partial charge in [-0.1, -0.05) is 36.4 Å². The van der Waals surface area contributed by atoms with Crippen LogP contribution in [0.5, 0.6) is 0 Å². The number of fused-ring (bicyclic) bond motifs is 1. The van der Waals surface area contributed by atoms with Crippen LogP contribution in [0.4, 0.5) is 27.8 Å². The lowest BCUT2D eigenvalue weighted by Crippen LogP contribution is -2.25. The Morgan fingerprint density at radius 1 is 0.976 bits per heavy atom. The molecule has 0 saturated heterocycles. The lowest BCUT2D eigenvalue weighted by atomic mass is 10.1. The summed E-state index contributed by atoms with van der Waals surface area (Å²) in [4.78, 5) is 28.2. The van der Waals surface area contributed by atoms with Crippen LogP contribution in [0, 0.1) is 5.82 Å². The third-order valence-corrected chi connectivity index (χ3v) is 7.04. The van der Waals surface area contributed by atoms with E-state index in [0.717, 1.165) is 5.52 Å². The summed E-state index contributed by atoms with van der Waals surface area (Å²) in [5.41, 5.74) is 3.51. The number of hydrogen-bond donors (Lipinski definition) is 2. The molecule has 0 saturated carbocycles. The minimum absolute atomic E-state index is 0.00692. The number of imidazole rings is 1. The average molecular weight is 574 g/mol. The summed E-state index contributed by atoms with van der Waals surface area (Å²) >= 11 is 0. The maximum atomic E-state index is 13.6. The number of benzene rings is 3. The maximum absolute atomic E-state index is 13.6. The fourth-order valence-corrected chi connectivity index (χ4v) is 5.14. The Morgan fingerprint density at radius 3 is 2.51 bits per heavy atom. The summed E-state index contributed by atoms with van der Waals surface area (Å²) < 4.78 is 38.5. The molecule has 5 aromatic rings. The minimum atomic E-state index is -3.12. The van der Waals surface area contributed by atoms with E-state index < -0.39 is 15.7 Å². The fourth-order valence-electron chi connectivity index (χ4n) is 4.34. The van der Waals surface area contributed by atoms with Crippen molar-refractivity contribution in [2.45, 2.75) is 18.8 Å². The third-order valence-electron chi connectivity index (χ3n) is 6.18. The van der Waals surface area contributed by atoms with Gasteiger partial charge in [0.05, 0.1) is 29.9 Å². The van der Waals surface area contributed by atoms with E-state index in [1.165, 1.54) is 18.4 Å². The first-order valence-electron chi connectivity index (χ1n) is 12.7. The summed E-state index contributed by atoms with van der Waals surface area (Å²) in [5, 5.41) is 6.01. The molecular weight excluding hydrogens is 545 g/mol. The molecule has 10 nitrogen and oxygen atoms in total. The van der Waals surface area contributed by atoms with Crippen molar-refractivity contribution in [3.63, 3.8) is 0 Å². The number of nitrogens with one attached hydrogen (secondary N) is 2. The summed E-state index contributed by atoms with van der Waals surface area (Å²) in [7, 11) is -1.26. The van der Waals surface area contributed by atoms with Crippen molar-refractivity contribution in [1.29, 1.82) is 0 Å². The molecule has 1 amide bonds. The van der Waals surface area contributed by atoms with Gasteiger partial charge in [0.25, 0.3) is 0 Å². The van der Waals surface area contributed by atoms with Crippen molar-refractivity contribution in [2.24, 2.45) is 0 Å². The molecule has 0 unspecified atom stereocenters. The van der Waals surface area contributed by atoms with Gasteiger partial charge in [0.2, 0.25) is 17.8 Å². The van der Waals surface area contributed by atoms with Gasteiger partial charge in [-0.2, -0.15) is 4.98 Å². The number of amides is 1. The summed E-state index contributed by atoms with van der Waals surface area (Å²) in [6, 6.07) is 22.3. The number of sulfone groups is 1. The van der Waals surface area contributed by atoms with Gasteiger partial charge < -0.3 is 10.2 Å². The van der Waals surface area contributed by atoms with E-state index in [0.29, 0.717) is 46.7 Å². The molecule has 2 heterocycles. The number of aromatic nitrogens is 4. The van der Waals surface area contributed by atoms with Crippen LogP contribution in [0.1, 0.15) is 11.1 Å². The molecule has 0 atom stereocenters. The molecule has 12 heteroatoms. The number of halogens is 1. The highest BCUT2D eigenvalue weighted by Gasteiger charge is 2.16. The Bertz CT molecular complexity index is 1810. The van der Waals surface area contributed by atoms with E-state index in [1.54, 1.807) is 48.7 Å². The predicted octanol–water partition coefficient (Wildman–Crippen LogP) is 4.53. The maximum Gasteiger partial charge on any atom is 0.231 e. The predicted molar refractivity (Wildman–Crippen MR) is 157 cm³/mol. The van der Waals surface area contributed by atoms with Crippen LogP contribution in [-0.2, 0) is 33.5 Å². The van der Waals surface area contributed by atoms with Gasteiger partial charge in [-0.25, -0.2) is 22.8 Å². The first kappa shape index (κ1) is 27.7. The molecule has 0 radical (unpaired) electrons. The normalized spacial score (nSPS) is 11.4. The van der Waals surface area contributed by atoms with Gasteiger partial charge in [-0.15, -0.1) is 0 Å². The highest BCUT2D eigenvalue weighted by atomic mass is 32.2. The van der Waals surface area contributed by atoms with Crippen LogP contribution in [-0.4, -0.2) is 47.1 Å². The monoisotopic (exact) mass is 573 g/mol. The van der Waals surface area contributed by atoms with Gasteiger partial charge in [0, 0.05) is 25.2 Å². The van der Waals surface area contributed by atoms with Crippen molar-refractivity contribution in [3.05, 3.63) is 102 Å². The molecule has 2 N–H and O–H groups in total. The van der Waals surface area contributed by atoms with Crippen molar-refractivity contribution < 1.29 is 17.6 Å². The molecule has 0 fully saturated rings. The van der Waals surface area contributed by atoms with E-state index in [4.69, 9.17) is 0 Å². The van der Waals surface area contributed by atoms with Gasteiger partial charge in [-0.3, -0.25) is 14.7 Å². The molecule has 2 aromatic heterocycles. The van der Waals surface area contributed by atoms with Crippen molar-refractivity contribution in [3.8, 4) is 0 Å². The molecule has 0 aliphatic carbocycles. The fraction of sp³-hybridized carbons (Fsp3) is 0.172. The summed E-state index contributed by atoms with van der Waals surface area (Å²) in [6.45, 7) is 0.312. The van der Waals surface area contributed by atoms with Crippen LogP contribution < -0.4 is 15.5 Å². The van der Waals surface area contributed by atoms with E-state index >= 15 is 0 Å². The Hall–Kier alpha value is -4.84. The Kier molecular flexibility index (Phi) is 7.92. The molecule has 5 rings (SSSR count). The zero-order valence-corrected chi connectivity index (χ0v) is 23.3. The molecule has 0 aliphatic rings. The van der Waals surface area contributed by atoms with Crippen molar-refractivity contribution in [1.82, 2.24) is 19.5 Å². The lowest BCUT2D eigenvalue weighted by molar-refractivity contribution is -0.115. The zero-order chi connectivity index (χ0) is 29.0. The molecule has 3 aromatic carbocycles. The molecule has 41 heavy (non-hydrogen) atoms. The van der Waals surface area contributed by atoms with E-state index in [9.17, 15) is 17.6 Å². The number of nitrogens with zero attached hydrogens (tertiary/aromatic N) is 5. The smallest absolute Gasteiger partial charge is 0.231 e. The number of rotatable bonds is 10. The second-order valence-electron chi connectivity index (χ2n) is 9.68. The lowest BCUT2D eigenvalue weighted by Gasteiger charge is -2.21. The first-order chi connectivity index (χ1) is 19.6. The van der Waals surface area contributed by atoms with Crippen LogP contribution in [0.25, 0.3) is 11.0 Å². The second kappa shape index (κ2) is 11.7. The van der Waals surface area contributed by atoms with E-state index in [2.05, 4.69) is 25.6 Å². The summed E-state index contributed by atoms with van der Waals surface area (Å²) in [5.74, 6) is 0.606. The van der Waals surface area contributed by atoms with Crippen LogP contribution in [0.2, 0.25) is 0 Å². The van der Waals surface area contributed by atoms with Gasteiger partial charge in [0.15, 0.2) is 9.84 Å².